The van der Waals surface area contributed by atoms with Crippen molar-refractivity contribution in [2.24, 2.45) is 0 Å². The molecule has 132 valence electrons. The molecule has 0 N–H and O–H groups in total. The first-order valence-corrected chi connectivity index (χ1v) is 8.23. The van der Waals surface area contributed by atoms with Gasteiger partial charge in [-0.3, -0.25) is 9.59 Å². The van der Waals surface area contributed by atoms with Gasteiger partial charge in [-0.05, 0) is 29.8 Å². The molecule has 0 saturated carbocycles. The third-order valence-electron chi connectivity index (χ3n) is 4.57. The zero-order valence-electron chi connectivity index (χ0n) is 14.1. The highest BCUT2D eigenvalue weighted by Crippen LogP contribution is 2.37. The van der Waals surface area contributed by atoms with E-state index in [1.807, 2.05) is 0 Å². The molecule has 26 heavy (non-hydrogen) atoms. The molecule has 2 heterocycles. The monoisotopic (exact) mass is 353 g/mol. The molecule has 1 amide bonds. The largest absolute Gasteiger partial charge is 0.450 e. The van der Waals surface area contributed by atoms with Crippen molar-refractivity contribution >= 4 is 16.9 Å². The van der Waals surface area contributed by atoms with E-state index >= 15 is 0 Å². The van der Waals surface area contributed by atoms with Crippen molar-refractivity contribution in [3.63, 3.8) is 0 Å². The molecular weight excluding hydrogens is 337 g/mol. The number of rotatable bonds is 4. The summed E-state index contributed by atoms with van der Waals surface area (Å²) in [5.41, 5.74) is 0.853. The zero-order chi connectivity index (χ0) is 18.3. The second-order valence-electron chi connectivity index (χ2n) is 6.12. The summed E-state index contributed by atoms with van der Waals surface area (Å²) in [6.07, 6.45) is 0. The Hall–Kier alpha value is -2.99. The summed E-state index contributed by atoms with van der Waals surface area (Å²) in [6, 6.07) is 12.0. The second kappa shape index (κ2) is 6.38. The van der Waals surface area contributed by atoms with Gasteiger partial charge in [-0.25, -0.2) is 4.39 Å². The van der Waals surface area contributed by atoms with Crippen molar-refractivity contribution in [1.82, 2.24) is 4.90 Å². The maximum absolute atomic E-state index is 13.8. The third-order valence-corrected chi connectivity index (χ3v) is 4.57. The van der Waals surface area contributed by atoms with Gasteiger partial charge in [0.05, 0.1) is 23.6 Å². The number of nitrogens with zero attached hydrogens (tertiary/aromatic N) is 1. The minimum absolute atomic E-state index is 0.0130. The quantitative estimate of drug-likeness (QED) is 0.723. The number of benzene rings is 2. The van der Waals surface area contributed by atoms with E-state index in [1.165, 1.54) is 24.1 Å². The molecule has 0 unspecified atom stereocenters. The molecular formula is C20H16FNO4. The first-order chi connectivity index (χ1) is 12.6. The van der Waals surface area contributed by atoms with Crippen LogP contribution in [0.2, 0.25) is 0 Å². The van der Waals surface area contributed by atoms with Gasteiger partial charge in [-0.2, -0.15) is 0 Å². The Balaban J connectivity index is 1.97. The maximum Gasteiger partial charge on any atom is 0.290 e. The van der Waals surface area contributed by atoms with Crippen LogP contribution in [0.25, 0.3) is 11.0 Å². The molecule has 1 aromatic heterocycles. The summed E-state index contributed by atoms with van der Waals surface area (Å²) >= 11 is 0. The van der Waals surface area contributed by atoms with Gasteiger partial charge in [0.25, 0.3) is 5.91 Å². The molecule has 0 aliphatic carbocycles. The topological polar surface area (TPSA) is 59.8 Å². The minimum Gasteiger partial charge on any atom is -0.450 e. The van der Waals surface area contributed by atoms with Gasteiger partial charge in [-0.1, -0.05) is 24.3 Å². The van der Waals surface area contributed by atoms with Crippen LogP contribution < -0.4 is 5.43 Å². The summed E-state index contributed by atoms with van der Waals surface area (Å²) in [6.45, 7) is 0.551. The molecule has 1 atom stereocenters. The SMILES string of the molecule is COCCN1C(=O)c2oc3ccccc3c(=O)c2[C@H]1c1cccc(F)c1. The smallest absolute Gasteiger partial charge is 0.290 e. The predicted molar refractivity (Wildman–Crippen MR) is 93.6 cm³/mol. The van der Waals surface area contributed by atoms with Gasteiger partial charge in [0.1, 0.15) is 11.4 Å². The van der Waals surface area contributed by atoms with Gasteiger partial charge < -0.3 is 14.1 Å². The number of ether oxygens (including phenoxy) is 1. The maximum atomic E-state index is 13.8. The van der Waals surface area contributed by atoms with E-state index in [2.05, 4.69) is 0 Å². The molecule has 5 nitrogen and oxygen atoms in total. The predicted octanol–water partition coefficient (Wildman–Crippen LogP) is 3.12. The van der Waals surface area contributed by atoms with E-state index in [9.17, 15) is 14.0 Å². The highest BCUT2D eigenvalue weighted by atomic mass is 19.1. The van der Waals surface area contributed by atoms with Crippen LogP contribution in [-0.4, -0.2) is 31.1 Å². The Morgan fingerprint density at radius 1 is 1.15 bits per heavy atom. The number of hydrogen-bond donors (Lipinski definition) is 0. The lowest BCUT2D eigenvalue weighted by molar-refractivity contribution is 0.0663. The summed E-state index contributed by atoms with van der Waals surface area (Å²) in [5.74, 6) is -0.812. The molecule has 4 rings (SSSR count). The Bertz CT molecular complexity index is 1060. The molecule has 0 radical (unpaired) electrons. The Labute approximate surface area is 148 Å². The lowest BCUT2D eigenvalue weighted by Crippen LogP contribution is -2.32. The standard InChI is InChI=1S/C20H16FNO4/c1-25-10-9-22-17(12-5-4-6-13(21)11-12)16-18(23)14-7-2-3-8-15(14)26-19(16)20(22)24/h2-8,11,17H,9-10H2,1H3/t17-/m1/s1. The molecule has 0 spiro atoms. The third kappa shape index (κ3) is 2.50. The Morgan fingerprint density at radius 3 is 2.73 bits per heavy atom. The van der Waals surface area contributed by atoms with Gasteiger partial charge >= 0.3 is 0 Å². The van der Waals surface area contributed by atoms with E-state index in [-0.39, 0.29) is 23.3 Å². The first-order valence-electron chi connectivity index (χ1n) is 8.23. The number of hydrogen-bond acceptors (Lipinski definition) is 4. The summed E-state index contributed by atoms with van der Waals surface area (Å²) in [7, 11) is 1.53. The van der Waals surface area contributed by atoms with Gasteiger partial charge in [-0.15, -0.1) is 0 Å². The lowest BCUT2D eigenvalue weighted by atomic mass is 9.98. The molecule has 0 bridgehead atoms. The van der Waals surface area contributed by atoms with Crippen molar-refractivity contribution in [1.29, 1.82) is 0 Å². The molecule has 2 aromatic carbocycles. The van der Waals surface area contributed by atoms with Gasteiger partial charge in [0.15, 0.2) is 5.43 Å². The Morgan fingerprint density at radius 2 is 1.96 bits per heavy atom. The van der Waals surface area contributed by atoms with Crippen LogP contribution in [0, 0.1) is 5.82 Å². The fraction of sp³-hybridized carbons (Fsp3) is 0.200. The van der Waals surface area contributed by atoms with Crippen LogP contribution >= 0.6 is 0 Å². The minimum atomic E-state index is -0.704. The van der Waals surface area contributed by atoms with E-state index < -0.39 is 17.8 Å². The number of fused-ring (bicyclic) bond motifs is 2. The van der Waals surface area contributed by atoms with Crippen molar-refractivity contribution in [3.8, 4) is 0 Å². The summed E-state index contributed by atoms with van der Waals surface area (Å²) in [5, 5.41) is 0.397. The van der Waals surface area contributed by atoms with Crippen LogP contribution in [0.15, 0.2) is 57.7 Å². The highest BCUT2D eigenvalue weighted by Gasteiger charge is 2.42. The number of halogens is 1. The van der Waals surface area contributed by atoms with Crippen LogP contribution in [0.4, 0.5) is 4.39 Å². The van der Waals surface area contributed by atoms with Crippen LogP contribution in [0.1, 0.15) is 27.7 Å². The molecule has 3 aromatic rings. The summed E-state index contributed by atoms with van der Waals surface area (Å²) in [4.78, 5) is 27.5. The molecule has 0 saturated heterocycles. The number of carbonyl (C=O) groups excluding carboxylic acids is 1. The normalized spacial score (nSPS) is 16.3. The molecule has 0 fully saturated rings. The van der Waals surface area contributed by atoms with Gasteiger partial charge in [0, 0.05) is 13.7 Å². The van der Waals surface area contributed by atoms with E-state index in [0.717, 1.165) is 0 Å². The number of amides is 1. The van der Waals surface area contributed by atoms with E-state index in [0.29, 0.717) is 23.1 Å². The lowest BCUT2D eigenvalue weighted by Gasteiger charge is -2.24. The zero-order valence-corrected chi connectivity index (χ0v) is 14.1. The number of methoxy groups -OCH3 is 1. The second-order valence-corrected chi connectivity index (χ2v) is 6.12. The number of carbonyl (C=O) groups is 1. The average Bonchev–Trinajstić information content (AvgIpc) is 2.93. The fourth-order valence-corrected chi connectivity index (χ4v) is 3.41. The fourth-order valence-electron chi connectivity index (χ4n) is 3.41. The summed E-state index contributed by atoms with van der Waals surface area (Å²) < 4.78 is 24.7. The first kappa shape index (κ1) is 16.5. The van der Waals surface area contributed by atoms with Crippen LogP contribution in [-0.2, 0) is 4.74 Å². The van der Waals surface area contributed by atoms with Gasteiger partial charge in [0.2, 0.25) is 5.76 Å². The van der Waals surface area contributed by atoms with Crippen molar-refractivity contribution in [2.45, 2.75) is 6.04 Å². The van der Waals surface area contributed by atoms with Crippen LogP contribution in [0.3, 0.4) is 0 Å². The van der Waals surface area contributed by atoms with Crippen LogP contribution in [0.5, 0.6) is 0 Å². The molecule has 1 aliphatic heterocycles. The van der Waals surface area contributed by atoms with Crippen molar-refractivity contribution < 1.29 is 18.3 Å². The van der Waals surface area contributed by atoms with E-state index in [4.69, 9.17) is 9.15 Å². The highest BCUT2D eigenvalue weighted by molar-refractivity contribution is 5.99. The van der Waals surface area contributed by atoms with Crippen molar-refractivity contribution in [3.05, 3.63) is 81.5 Å². The molecule has 6 heteroatoms. The van der Waals surface area contributed by atoms with Crippen molar-refractivity contribution in [2.75, 3.05) is 20.3 Å². The Kier molecular flexibility index (Phi) is 4.05. The molecule has 1 aliphatic rings. The van der Waals surface area contributed by atoms with E-state index in [1.54, 1.807) is 36.4 Å². The number of para-hydroxylation sites is 1. The average molecular weight is 353 g/mol.